The lowest BCUT2D eigenvalue weighted by atomic mass is 10.1. The second-order valence-electron chi connectivity index (χ2n) is 5.79. The smallest absolute Gasteiger partial charge is 0.353 e. The van der Waals surface area contributed by atoms with Gasteiger partial charge >= 0.3 is 11.7 Å². The van der Waals surface area contributed by atoms with Crippen LogP contribution in [0.5, 0.6) is 0 Å². The van der Waals surface area contributed by atoms with Crippen molar-refractivity contribution in [2.75, 3.05) is 50.3 Å². The predicted octanol–water partition coefficient (Wildman–Crippen LogP) is 1.78. The fourth-order valence-electron chi connectivity index (χ4n) is 2.94. The Bertz CT molecular complexity index is 853. The topological polar surface area (TPSA) is 111 Å². The van der Waals surface area contributed by atoms with E-state index in [0.717, 1.165) is 0 Å². The van der Waals surface area contributed by atoms with Crippen molar-refractivity contribution in [3.8, 4) is 0 Å². The summed E-state index contributed by atoms with van der Waals surface area (Å²) in [5.41, 5.74) is 0.504. The van der Waals surface area contributed by atoms with Crippen LogP contribution in [0, 0.1) is 10.1 Å². The third-order valence-corrected chi connectivity index (χ3v) is 4.27. The molecule has 2 heterocycles. The Morgan fingerprint density at radius 2 is 2.00 bits per heavy atom. The van der Waals surface area contributed by atoms with Crippen molar-refractivity contribution in [1.82, 2.24) is 9.97 Å². The lowest BCUT2D eigenvalue weighted by molar-refractivity contribution is -0.383. The molecule has 3 rings (SSSR count). The molecule has 0 saturated carbocycles. The van der Waals surface area contributed by atoms with Gasteiger partial charge in [0.15, 0.2) is 0 Å². The van der Waals surface area contributed by atoms with E-state index in [9.17, 15) is 14.9 Å². The van der Waals surface area contributed by atoms with Gasteiger partial charge in [-0.05, 0) is 12.1 Å². The zero-order valence-electron chi connectivity index (χ0n) is 15.0. The van der Waals surface area contributed by atoms with Crippen molar-refractivity contribution in [2.24, 2.45) is 0 Å². The number of nitro groups is 1. The molecule has 10 nitrogen and oxygen atoms in total. The van der Waals surface area contributed by atoms with E-state index in [-0.39, 0.29) is 22.9 Å². The Kier molecular flexibility index (Phi) is 5.46. The number of aromatic nitrogens is 2. The zero-order valence-corrected chi connectivity index (χ0v) is 15.0. The Morgan fingerprint density at radius 3 is 2.67 bits per heavy atom. The molecule has 0 amide bonds. The first-order valence-corrected chi connectivity index (χ1v) is 8.27. The first kappa shape index (κ1) is 18.5. The van der Waals surface area contributed by atoms with Crippen LogP contribution in [0.4, 0.5) is 23.0 Å². The molecule has 1 fully saturated rings. The Labute approximate surface area is 155 Å². The number of hydrogen-bond donors (Lipinski definition) is 0. The highest BCUT2D eigenvalue weighted by atomic mass is 16.6. The highest BCUT2D eigenvalue weighted by Gasteiger charge is 2.31. The summed E-state index contributed by atoms with van der Waals surface area (Å²) in [5.74, 6) is -0.217. The van der Waals surface area contributed by atoms with Crippen molar-refractivity contribution < 1.29 is 19.2 Å². The predicted molar refractivity (Wildman–Crippen MR) is 97.6 cm³/mol. The minimum atomic E-state index is -0.539. The Balaban J connectivity index is 2.09. The van der Waals surface area contributed by atoms with Gasteiger partial charge in [-0.1, -0.05) is 12.1 Å². The van der Waals surface area contributed by atoms with Crippen LogP contribution in [0.25, 0.3) is 0 Å². The minimum Gasteiger partial charge on any atom is -0.465 e. The van der Waals surface area contributed by atoms with E-state index in [1.165, 1.54) is 18.3 Å². The van der Waals surface area contributed by atoms with Gasteiger partial charge in [-0.25, -0.2) is 14.8 Å². The third kappa shape index (κ3) is 3.65. The van der Waals surface area contributed by atoms with Crippen LogP contribution < -0.4 is 9.80 Å². The van der Waals surface area contributed by atoms with Gasteiger partial charge in [-0.15, -0.1) is 0 Å². The molecule has 1 saturated heterocycles. The summed E-state index contributed by atoms with van der Waals surface area (Å²) in [6.07, 6.45) is 1.28. The highest BCUT2D eigenvalue weighted by molar-refractivity contribution is 5.97. The number of hydrogen-bond acceptors (Lipinski definition) is 9. The summed E-state index contributed by atoms with van der Waals surface area (Å²) >= 11 is 0. The Morgan fingerprint density at radius 1 is 1.30 bits per heavy atom. The molecule has 0 bridgehead atoms. The van der Waals surface area contributed by atoms with E-state index < -0.39 is 10.9 Å². The largest absolute Gasteiger partial charge is 0.465 e. The monoisotopic (exact) mass is 373 g/mol. The van der Waals surface area contributed by atoms with E-state index in [4.69, 9.17) is 9.47 Å². The quantitative estimate of drug-likeness (QED) is 0.440. The van der Waals surface area contributed by atoms with Crippen molar-refractivity contribution >= 4 is 29.0 Å². The van der Waals surface area contributed by atoms with Crippen LogP contribution in [0.3, 0.4) is 0 Å². The molecule has 0 radical (unpaired) electrons. The maximum atomic E-state index is 12.1. The molecule has 0 atom stereocenters. The maximum absolute atomic E-state index is 12.1. The summed E-state index contributed by atoms with van der Waals surface area (Å²) in [6.45, 7) is 1.94. The SMILES string of the molecule is COC(=O)c1ccccc1N(C)c1ncnc(N2CCOCC2)c1[N+](=O)[O-]. The van der Waals surface area contributed by atoms with Gasteiger partial charge < -0.3 is 19.3 Å². The maximum Gasteiger partial charge on any atom is 0.353 e. The van der Waals surface area contributed by atoms with Crippen LogP contribution in [0.1, 0.15) is 10.4 Å². The van der Waals surface area contributed by atoms with Crippen molar-refractivity contribution in [3.05, 3.63) is 46.3 Å². The number of morpholine rings is 1. The lowest BCUT2D eigenvalue weighted by Crippen LogP contribution is -2.37. The minimum absolute atomic E-state index is 0.0906. The fraction of sp³-hybridized carbons (Fsp3) is 0.353. The molecule has 0 aliphatic carbocycles. The molecule has 142 valence electrons. The number of esters is 1. The van der Waals surface area contributed by atoms with E-state index in [0.29, 0.717) is 32.0 Å². The highest BCUT2D eigenvalue weighted by Crippen LogP contribution is 2.37. The average molecular weight is 373 g/mol. The lowest BCUT2D eigenvalue weighted by Gasteiger charge is -2.28. The molecule has 27 heavy (non-hydrogen) atoms. The van der Waals surface area contributed by atoms with Gasteiger partial charge in [-0.3, -0.25) is 10.1 Å². The number of benzene rings is 1. The van der Waals surface area contributed by atoms with Crippen LogP contribution >= 0.6 is 0 Å². The van der Waals surface area contributed by atoms with Gasteiger partial charge in [0.25, 0.3) is 0 Å². The van der Waals surface area contributed by atoms with Crippen LogP contribution in [-0.2, 0) is 9.47 Å². The molecule has 10 heteroatoms. The van der Waals surface area contributed by atoms with E-state index in [2.05, 4.69) is 9.97 Å². The molecule has 1 aromatic heterocycles. The number of carbonyl (C=O) groups excluding carboxylic acids is 1. The number of nitrogens with zero attached hydrogens (tertiary/aromatic N) is 5. The first-order chi connectivity index (χ1) is 13.0. The van der Waals surface area contributed by atoms with Crippen LogP contribution in [0.15, 0.2) is 30.6 Å². The summed E-state index contributed by atoms with van der Waals surface area (Å²) in [5, 5.41) is 11.8. The number of methoxy groups -OCH3 is 1. The van der Waals surface area contributed by atoms with Gasteiger partial charge in [0.1, 0.15) is 6.33 Å². The summed E-state index contributed by atoms with van der Waals surface area (Å²) in [4.78, 5) is 35.0. The van der Waals surface area contributed by atoms with E-state index >= 15 is 0 Å². The van der Waals surface area contributed by atoms with Gasteiger partial charge in [0, 0.05) is 20.1 Å². The standard InChI is InChI=1S/C17H19N5O5/c1-20(13-6-4-3-5-12(13)17(23)26-2)15-14(22(24)25)16(19-11-18-15)21-7-9-27-10-8-21/h3-6,11H,7-10H2,1-2H3. The first-order valence-electron chi connectivity index (χ1n) is 8.27. The Hall–Kier alpha value is -3.27. The molecule has 2 aromatic rings. The number of carbonyl (C=O) groups is 1. The number of rotatable bonds is 5. The molecular weight excluding hydrogens is 354 g/mol. The summed E-state index contributed by atoms with van der Waals surface area (Å²) in [7, 11) is 2.89. The third-order valence-electron chi connectivity index (χ3n) is 4.27. The van der Waals surface area contributed by atoms with Gasteiger partial charge in [-0.2, -0.15) is 0 Å². The number of anilines is 3. The van der Waals surface area contributed by atoms with E-state index in [1.807, 2.05) is 0 Å². The normalized spacial score (nSPS) is 13.9. The van der Waals surface area contributed by atoms with Crippen LogP contribution in [-0.4, -0.2) is 61.3 Å². The fourth-order valence-corrected chi connectivity index (χ4v) is 2.94. The second kappa shape index (κ2) is 7.96. The van der Waals surface area contributed by atoms with E-state index in [1.54, 1.807) is 36.2 Å². The zero-order chi connectivity index (χ0) is 19.4. The van der Waals surface area contributed by atoms with Crippen molar-refractivity contribution in [3.63, 3.8) is 0 Å². The number of para-hydroxylation sites is 1. The molecule has 1 aliphatic heterocycles. The second-order valence-corrected chi connectivity index (χ2v) is 5.79. The molecular formula is C17H19N5O5. The number of ether oxygens (including phenoxy) is 2. The molecule has 0 N–H and O–H groups in total. The van der Waals surface area contributed by atoms with Crippen molar-refractivity contribution in [2.45, 2.75) is 0 Å². The van der Waals surface area contributed by atoms with Crippen molar-refractivity contribution in [1.29, 1.82) is 0 Å². The van der Waals surface area contributed by atoms with Gasteiger partial charge in [0.05, 0.1) is 36.5 Å². The van der Waals surface area contributed by atoms with Crippen LogP contribution in [0.2, 0.25) is 0 Å². The molecule has 1 aromatic carbocycles. The molecule has 1 aliphatic rings. The van der Waals surface area contributed by atoms with Gasteiger partial charge in [0.2, 0.25) is 11.6 Å². The summed E-state index contributed by atoms with van der Waals surface area (Å²) < 4.78 is 10.1. The molecule has 0 spiro atoms. The average Bonchev–Trinajstić information content (AvgIpc) is 2.72. The summed E-state index contributed by atoms with van der Waals surface area (Å²) in [6, 6.07) is 6.69. The molecule has 0 unspecified atom stereocenters.